The zero-order valence-electron chi connectivity index (χ0n) is 14.2. The van der Waals surface area contributed by atoms with E-state index in [2.05, 4.69) is 15.4 Å². The zero-order valence-corrected chi connectivity index (χ0v) is 14.2. The third-order valence-corrected chi connectivity index (χ3v) is 3.27. The highest BCUT2D eigenvalue weighted by molar-refractivity contribution is 5.84. The molecular formula is C17H24N2O5. The van der Waals surface area contributed by atoms with Gasteiger partial charge in [-0.1, -0.05) is 44.2 Å². The second-order valence-corrected chi connectivity index (χ2v) is 5.55. The molecule has 0 unspecified atom stereocenters. The topological polar surface area (TPSA) is 93.7 Å². The molecule has 0 aromatic heterocycles. The van der Waals surface area contributed by atoms with E-state index in [1.165, 1.54) is 7.11 Å². The molecule has 2 amide bonds. The summed E-state index contributed by atoms with van der Waals surface area (Å²) in [5.74, 6) is -0.929. The Morgan fingerprint density at radius 1 is 1.12 bits per heavy atom. The summed E-state index contributed by atoms with van der Waals surface area (Å²) in [5.41, 5.74) is 0.878. The second-order valence-electron chi connectivity index (χ2n) is 5.55. The van der Waals surface area contributed by atoms with Crippen molar-refractivity contribution in [2.24, 2.45) is 5.92 Å². The van der Waals surface area contributed by atoms with E-state index >= 15 is 0 Å². The van der Waals surface area contributed by atoms with Crippen molar-refractivity contribution in [3.05, 3.63) is 35.9 Å². The van der Waals surface area contributed by atoms with Crippen LogP contribution in [0.5, 0.6) is 0 Å². The highest BCUT2D eigenvalue weighted by Gasteiger charge is 2.24. The lowest BCUT2D eigenvalue weighted by atomic mass is 10.0. The van der Waals surface area contributed by atoms with E-state index in [0.717, 1.165) is 5.56 Å². The molecule has 0 radical (unpaired) electrons. The lowest BCUT2D eigenvalue weighted by Crippen LogP contribution is -2.45. The summed E-state index contributed by atoms with van der Waals surface area (Å²) in [4.78, 5) is 34.9. The molecular weight excluding hydrogens is 312 g/mol. The van der Waals surface area contributed by atoms with Crippen molar-refractivity contribution >= 4 is 18.0 Å². The number of hydrogen-bond donors (Lipinski definition) is 2. The molecule has 24 heavy (non-hydrogen) atoms. The van der Waals surface area contributed by atoms with Gasteiger partial charge in [0.1, 0.15) is 12.6 Å². The van der Waals surface area contributed by atoms with E-state index in [9.17, 15) is 14.4 Å². The quantitative estimate of drug-likeness (QED) is 0.704. The Morgan fingerprint density at radius 2 is 1.79 bits per heavy atom. The summed E-state index contributed by atoms with van der Waals surface area (Å²) in [6.45, 7) is 3.89. The molecule has 7 nitrogen and oxygen atoms in total. The lowest BCUT2D eigenvalue weighted by molar-refractivity contribution is -0.146. The Hall–Kier alpha value is -2.57. The number of carbonyl (C=O) groups excluding carboxylic acids is 3. The first kappa shape index (κ1) is 19.5. The van der Waals surface area contributed by atoms with Crippen LogP contribution in [0.25, 0.3) is 0 Å². The number of rotatable bonds is 8. The molecule has 1 aromatic carbocycles. The van der Waals surface area contributed by atoms with Crippen molar-refractivity contribution in [2.75, 3.05) is 13.7 Å². The molecule has 0 aliphatic carbocycles. The van der Waals surface area contributed by atoms with Gasteiger partial charge in [-0.15, -0.1) is 0 Å². The van der Waals surface area contributed by atoms with E-state index in [4.69, 9.17) is 4.74 Å². The van der Waals surface area contributed by atoms with Gasteiger partial charge in [-0.05, 0) is 11.5 Å². The predicted molar refractivity (Wildman–Crippen MR) is 88.0 cm³/mol. The maximum atomic E-state index is 11.8. The highest BCUT2D eigenvalue weighted by atomic mass is 16.5. The number of esters is 1. The first-order valence-electron chi connectivity index (χ1n) is 7.75. The second kappa shape index (κ2) is 10.3. The SMILES string of the molecule is COC(=O)[C@H](NC(=O)CCNC(=O)OCc1ccccc1)C(C)C. The molecule has 0 saturated heterocycles. The number of amides is 2. The Labute approximate surface area is 141 Å². The van der Waals surface area contributed by atoms with Gasteiger partial charge in [0.15, 0.2) is 0 Å². The Kier molecular flexibility index (Phi) is 8.32. The Balaban J connectivity index is 2.26. The molecule has 0 saturated carbocycles. The van der Waals surface area contributed by atoms with Gasteiger partial charge < -0.3 is 20.1 Å². The molecule has 1 rings (SSSR count). The number of ether oxygens (including phenoxy) is 2. The van der Waals surface area contributed by atoms with Gasteiger partial charge in [0.05, 0.1) is 7.11 Å². The van der Waals surface area contributed by atoms with Gasteiger partial charge in [0.25, 0.3) is 0 Å². The Bertz CT molecular complexity index is 545. The molecule has 0 aliphatic rings. The standard InChI is InChI=1S/C17H24N2O5/c1-12(2)15(16(21)23-3)19-14(20)9-10-18-17(22)24-11-13-7-5-4-6-8-13/h4-8,12,15H,9-11H2,1-3H3,(H,18,22)(H,19,20)/t15-/m1/s1. The molecule has 2 N–H and O–H groups in total. The van der Waals surface area contributed by atoms with Gasteiger partial charge >= 0.3 is 12.1 Å². The minimum Gasteiger partial charge on any atom is -0.467 e. The maximum absolute atomic E-state index is 11.8. The third kappa shape index (κ3) is 7.13. The van der Waals surface area contributed by atoms with Crippen LogP contribution in [0.3, 0.4) is 0 Å². The molecule has 0 fully saturated rings. The minimum absolute atomic E-state index is 0.0423. The van der Waals surface area contributed by atoms with Crippen LogP contribution in [0, 0.1) is 5.92 Å². The fourth-order valence-corrected chi connectivity index (χ4v) is 1.92. The van der Waals surface area contributed by atoms with Gasteiger partial charge in [-0.25, -0.2) is 9.59 Å². The van der Waals surface area contributed by atoms with Crippen LogP contribution in [-0.4, -0.2) is 37.7 Å². The van der Waals surface area contributed by atoms with Crippen LogP contribution in [-0.2, 0) is 25.7 Å². The van der Waals surface area contributed by atoms with Crippen molar-refractivity contribution in [3.63, 3.8) is 0 Å². The van der Waals surface area contributed by atoms with Crippen molar-refractivity contribution in [3.8, 4) is 0 Å². The van der Waals surface area contributed by atoms with Gasteiger partial charge in [-0.2, -0.15) is 0 Å². The molecule has 132 valence electrons. The van der Waals surface area contributed by atoms with Crippen LogP contribution >= 0.6 is 0 Å². The summed E-state index contributed by atoms with van der Waals surface area (Å²) in [6, 6.07) is 8.58. The molecule has 1 atom stereocenters. The summed E-state index contributed by atoms with van der Waals surface area (Å²) < 4.78 is 9.68. The minimum atomic E-state index is -0.701. The maximum Gasteiger partial charge on any atom is 0.407 e. The predicted octanol–water partition coefficient (Wildman–Crippen LogP) is 1.62. The average Bonchev–Trinajstić information content (AvgIpc) is 2.58. The van der Waals surface area contributed by atoms with Gasteiger partial charge in [-0.3, -0.25) is 4.79 Å². The van der Waals surface area contributed by atoms with E-state index in [-0.39, 0.29) is 31.4 Å². The molecule has 0 bridgehead atoms. The van der Waals surface area contributed by atoms with Crippen LogP contribution < -0.4 is 10.6 Å². The van der Waals surface area contributed by atoms with E-state index in [1.807, 2.05) is 30.3 Å². The smallest absolute Gasteiger partial charge is 0.407 e. The largest absolute Gasteiger partial charge is 0.467 e. The third-order valence-electron chi connectivity index (χ3n) is 3.27. The number of alkyl carbamates (subject to hydrolysis) is 1. The van der Waals surface area contributed by atoms with E-state index in [0.29, 0.717) is 0 Å². The first-order valence-corrected chi connectivity index (χ1v) is 7.75. The van der Waals surface area contributed by atoms with E-state index < -0.39 is 18.1 Å². The number of nitrogens with one attached hydrogen (secondary N) is 2. The lowest BCUT2D eigenvalue weighted by Gasteiger charge is -2.19. The zero-order chi connectivity index (χ0) is 17.9. The highest BCUT2D eigenvalue weighted by Crippen LogP contribution is 2.04. The van der Waals surface area contributed by atoms with Crippen LogP contribution in [0.15, 0.2) is 30.3 Å². The fraction of sp³-hybridized carbons (Fsp3) is 0.471. The summed E-state index contributed by atoms with van der Waals surface area (Å²) in [5, 5.41) is 5.08. The number of hydrogen-bond acceptors (Lipinski definition) is 5. The normalized spacial score (nSPS) is 11.5. The van der Waals surface area contributed by atoms with Crippen LogP contribution in [0.1, 0.15) is 25.8 Å². The molecule has 1 aromatic rings. The summed E-state index contributed by atoms with van der Waals surface area (Å²) >= 11 is 0. The monoisotopic (exact) mass is 336 g/mol. The van der Waals surface area contributed by atoms with Crippen molar-refractivity contribution in [1.29, 1.82) is 0 Å². The Morgan fingerprint density at radius 3 is 2.38 bits per heavy atom. The van der Waals surface area contributed by atoms with E-state index in [1.54, 1.807) is 13.8 Å². The van der Waals surface area contributed by atoms with Crippen LogP contribution in [0.2, 0.25) is 0 Å². The van der Waals surface area contributed by atoms with Crippen molar-refractivity contribution < 1.29 is 23.9 Å². The average molecular weight is 336 g/mol. The molecule has 0 heterocycles. The summed E-state index contributed by atoms with van der Waals surface area (Å²) in [7, 11) is 1.27. The fourth-order valence-electron chi connectivity index (χ4n) is 1.92. The number of carbonyl (C=O) groups is 3. The first-order chi connectivity index (χ1) is 11.4. The van der Waals surface area contributed by atoms with Gasteiger partial charge in [0, 0.05) is 13.0 Å². The molecule has 0 aliphatic heterocycles. The summed E-state index contributed by atoms with van der Waals surface area (Å²) in [6.07, 6.45) is -0.555. The number of methoxy groups -OCH3 is 1. The van der Waals surface area contributed by atoms with Gasteiger partial charge in [0.2, 0.25) is 5.91 Å². The van der Waals surface area contributed by atoms with Crippen molar-refractivity contribution in [1.82, 2.24) is 10.6 Å². The number of benzene rings is 1. The molecule has 0 spiro atoms. The molecule has 7 heteroatoms. The van der Waals surface area contributed by atoms with Crippen molar-refractivity contribution in [2.45, 2.75) is 32.9 Å². The van der Waals surface area contributed by atoms with Crippen LogP contribution in [0.4, 0.5) is 4.79 Å².